The number of aryl methyl sites for hydroxylation is 2. The number of hydrogen-bond acceptors (Lipinski definition) is 1. The van der Waals surface area contributed by atoms with Gasteiger partial charge < -0.3 is 0 Å². The van der Waals surface area contributed by atoms with E-state index in [9.17, 15) is 0 Å². The van der Waals surface area contributed by atoms with Crippen molar-refractivity contribution in [1.29, 1.82) is 0 Å². The molecule has 0 fully saturated rings. The van der Waals surface area contributed by atoms with Gasteiger partial charge >= 0.3 is 0 Å². The topological polar surface area (TPSA) is 17.8 Å². The van der Waals surface area contributed by atoms with Crippen LogP contribution in [0.15, 0.2) is 18.2 Å². The zero-order chi connectivity index (χ0) is 14.9. The van der Waals surface area contributed by atoms with Gasteiger partial charge in [-0.05, 0) is 37.5 Å². The molecule has 0 spiro atoms. The molecule has 20 heavy (non-hydrogen) atoms. The summed E-state index contributed by atoms with van der Waals surface area (Å²) in [5, 5.41) is 4.83. The first-order valence-corrected chi connectivity index (χ1v) is 7.36. The monoisotopic (exact) mass is 268 g/mol. The summed E-state index contributed by atoms with van der Waals surface area (Å²) in [6.45, 7) is 15.9. The van der Waals surface area contributed by atoms with E-state index in [-0.39, 0.29) is 10.8 Å². The van der Waals surface area contributed by atoms with Crippen molar-refractivity contribution in [3.8, 4) is 5.69 Å². The van der Waals surface area contributed by atoms with Crippen LogP contribution >= 0.6 is 0 Å². The lowest BCUT2D eigenvalue weighted by atomic mass is 9.59. The summed E-state index contributed by atoms with van der Waals surface area (Å²) in [7, 11) is 0. The molecule has 1 aromatic heterocycles. The molecule has 0 saturated heterocycles. The second kappa shape index (κ2) is 3.75. The predicted molar refractivity (Wildman–Crippen MR) is 83.8 cm³/mol. The van der Waals surface area contributed by atoms with E-state index in [4.69, 9.17) is 5.10 Å². The highest BCUT2D eigenvalue weighted by Crippen LogP contribution is 2.51. The highest BCUT2D eigenvalue weighted by molar-refractivity contribution is 5.58. The molecule has 1 aliphatic rings. The summed E-state index contributed by atoms with van der Waals surface area (Å²) in [5.74, 6) is 0. The minimum absolute atomic E-state index is 0.0547. The van der Waals surface area contributed by atoms with Crippen molar-refractivity contribution >= 4 is 0 Å². The summed E-state index contributed by atoms with van der Waals surface area (Å²) in [6, 6.07) is 6.61. The molecular weight excluding hydrogens is 244 g/mol. The first kappa shape index (κ1) is 13.4. The minimum Gasteiger partial charge on any atom is -0.236 e. The lowest BCUT2D eigenvalue weighted by molar-refractivity contribution is 0.274. The van der Waals surface area contributed by atoms with Crippen molar-refractivity contribution in [2.45, 2.75) is 59.3 Å². The van der Waals surface area contributed by atoms with E-state index < -0.39 is 0 Å². The Kier molecular flexibility index (Phi) is 2.51. The average Bonchev–Trinajstić information content (AvgIpc) is 2.64. The number of fused-ring (bicyclic) bond motifs is 3. The van der Waals surface area contributed by atoms with Crippen molar-refractivity contribution in [3.05, 3.63) is 46.3 Å². The number of benzene rings is 1. The number of rotatable bonds is 0. The molecule has 0 unspecified atom stereocenters. The second-order valence-corrected chi connectivity index (χ2v) is 7.19. The number of hydrogen-bond donors (Lipinski definition) is 0. The first-order valence-electron chi connectivity index (χ1n) is 7.36. The normalized spacial score (nSPS) is 18.6. The second-order valence-electron chi connectivity index (χ2n) is 7.19. The van der Waals surface area contributed by atoms with E-state index in [0.29, 0.717) is 0 Å². The lowest BCUT2D eigenvalue weighted by Crippen LogP contribution is -2.46. The molecule has 0 saturated carbocycles. The fraction of sp³-hybridized carbons (Fsp3) is 0.500. The summed E-state index contributed by atoms with van der Waals surface area (Å²) in [6.07, 6.45) is 0. The van der Waals surface area contributed by atoms with E-state index in [1.807, 2.05) is 0 Å². The van der Waals surface area contributed by atoms with Gasteiger partial charge in [-0.1, -0.05) is 45.9 Å². The van der Waals surface area contributed by atoms with Crippen molar-refractivity contribution < 1.29 is 0 Å². The maximum atomic E-state index is 4.83. The summed E-state index contributed by atoms with van der Waals surface area (Å²) in [4.78, 5) is 0. The molecule has 0 amide bonds. The summed E-state index contributed by atoms with van der Waals surface area (Å²) < 4.78 is 2.20. The summed E-state index contributed by atoms with van der Waals surface area (Å²) >= 11 is 0. The third-order valence-electron chi connectivity index (χ3n) is 5.64. The molecule has 2 aromatic rings. The Morgan fingerprint density at radius 3 is 2.25 bits per heavy atom. The maximum Gasteiger partial charge on any atom is 0.0716 e. The Bertz CT molecular complexity index is 702. The van der Waals surface area contributed by atoms with Crippen LogP contribution in [0.3, 0.4) is 0 Å². The van der Waals surface area contributed by atoms with E-state index in [1.54, 1.807) is 0 Å². The van der Waals surface area contributed by atoms with Crippen molar-refractivity contribution in [3.63, 3.8) is 0 Å². The van der Waals surface area contributed by atoms with Crippen molar-refractivity contribution in [1.82, 2.24) is 9.78 Å². The Balaban J connectivity index is 2.51. The minimum atomic E-state index is 0.0547. The number of nitrogens with zero attached hydrogens (tertiary/aromatic N) is 2. The van der Waals surface area contributed by atoms with Gasteiger partial charge in [0.2, 0.25) is 0 Å². The molecular formula is C18H24N2. The van der Waals surface area contributed by atoms with Crippen LogP contribution in [0.1, 0.15) is 55.8 Å². The lowest BCUT2D eigenvalue weighted by Gasteiger charge is -2.47. The van der Waals surface area contributed by atoms with Crippen LogP contribution in [0.2, 0.25) is 0 Å². The van der Waals surface area contributed by atoms with Crippen molar-refractivity contribution in [2.75, 3.05) is 0 Å². The Labute approximate surface area is 121 Å². The van der Waals surface area contributed by atoms with Crippen LogP contribution in [-0.4, -0.2) is 9.78 Å². The van der Waals surface area contributed by atoms with E-state index in [2.05, 4.69) is 71.3 Å². The van der Waals surface area contributed by atoms with Crippen LogP contribution in [0.25, 0.3) is 5.69 Å². The van der Waals surface area contributed by atoms with Gasteiger partial charge in [0.05, 0.1) is 17.1 Å². The van der Waals surface area contributed by atoms with Crippen LogP contribution in [0.4, 0.5) is 0 Å². The van der Waals surface area contributed by atoms with E-state index in [1.165, 1.54) is 28.1 Å². The average molecular weight is 268 g/mol. The molecule has 0 bridgehead atoms. The molecule has 1 aliphatic heterocycles. The van der Waals surface area contributed by atoms with E-state index in [0.717, 1.165) is 5.69 Å². The fourth-order valence-corrected chi connectivity index (χ4v) is 3.58. The Morgan fingerprint density at radius 1 is 0.950 bits per heavy atom. The summed E-state index contributed by atoms with van der Waals surface area (Å²) in [5.41, 5.74) is 7.95. The van der Waals surface area contributed by atoms with Gasteiger partial charge in [0.15, 0.2) is 0 Å². The van der Waals surface area contributed by atoms with E-state index >= 15 is 0 Å². The zero-order valence-electron chi connectivity index (χ0n) is 13.6. The molecule has 2 heteroatoms. The number of aromatic nitrogens is 2. The van der Waals surface area contributed by atoms with Gasteiger partial charge in [0, 0.05) is 10.8 Å². The maximum absolute atomic E-state index is 4.83. The van der Waals surface area contributed by atoms with Gasteiger partial charge in [-0.3, -0.25) is 0 Å². The molecule has 1 aromatic carbocycles. The van der Waals surface area contributed by atoms with Gasteiger partial charge in [0.1, 0.15) is 0 Å². The van der Waals surface area contributed by atoms with Gasteiger partial charge in [-0.2, -0.15) is 5.10 Å². The quantitative estimate of drug-likeness (QED) is 0.694. The van der Waals surface area contributed by atoms with Gasteiger partial charge in [-0.25, -0.2) is 4.68 Å². The van der Waals surface area contributed by atoms with Crippen LogP contribution in [0, 0.1) is 20.8 Å². The predicted octanol–water partition coefficient (Wildman–Crippen LogP) is 4.37. The standard InChI is InChI=1S/C18H24N2/c1-11-9-8-10-14-15(11)20-16(12(2)13(3)19-20)18(6,7)17(14,4)5/h8-10H,1-7H3. The van der Waals surface area contributed by atoms with Gasteiger partial charge in [0.25, 0.3) is 0 Å². The largest absolute Gasteiger partial charge is 0.236 e. The highest BCUT2D eigenvalue weighted by atomic mass is 15.3. The molecule has 2 nitrogen and oxygen atoms in total. The fourth-order valence-electron chi connectivity index (χ4n) is 3.58. The van der Waals surface area contributed by atoms with Crippen molar-refractivity contribution in [2.24, 2.45) is 0 Å². The highest BCUT2D eigenvalue weighted by Gasteiger charge is 2.48. The SMILES string of the molecule is Cc1cccc2c1-n1nc(C)c(C)c1C(C)(C)C2(C)C. The Morgan fingerprint density at radius 2 is 1.60 bits per heavy atom. The molecule has 0 radical (unpaired) electrons. The first-order chi connectivity index (χ1) is 9.19. The third-order valence-corrected chi connectivity index (χ3v) is 5.64. The zero-order valence-corrected chi connectivity index (χ0v) is 13.6. The number of para-hydroxylation sites is 1. The van der Waals surface area contributed by atoms with Crippen LogP contribution in [0.5, 0.6) is 0 Å². The smallest absolute Gasteiger partial charge is 0.0716 e. The molecule has 2 heterocycles. The molecule has 3 rings (SSSR count). The molecule has 106 valence electrons. The molecule has 0 aliphatic carbocycles. The van der Waals surface area contributed by atoms with Gasteiger partial charge in [-0.15, -0.1) is 0 Å². The van der Waals surface area contributed by atoms with Crippen LogP contribution in [-0.2, 0) is 10.8 Å². The molecule has 0 N–H and O–H groups in total. The Hall–Kier alpha value is -1.57. The third kappa shape index (κ3) is 1.37. The van der Waals surface area contributed by atoms with Crippen LogP contribution < -0.4 is 0 Å². The molecule has 0 atom stereocenters.